The molecule has 0 amide bonds. The summed E-state index contributed by atoms with van der Waals surface area (Å²) in [6.45, 7) is 7.82. The monoisotopic (exact) mass is 339 g/mol. The van der Waals surface area contributed by atoms with Gasteiger partial charge in [-0.15, -0.1) is 0 Å². The first-order valence-corrected chi connectivity index (χ1v) is 9.85. The minimum atomic E-state index is -2.28. The average Bonchev–Trinajstić information content (AvgIpc) is 2.94. The Kier molecular flexibility index (Phi) is 4.10. The molecule has 2 aliphatic rings. The Morgan fingerprint density at radius 2 is 1.70 bits per heavy atom. The van der Waals surface area contributed by atoms with E-state index in [-0.39, 0.29) is 5.69 Å². The Balaban J connectivity index is 1.88. The zero-order valence-corrected chi connectivity index (χ0v) is 14.9. The summed E-state index contributed by atoms with van der Waals surface area (Å²) < 4.78 is 42.8. The van der Waals surface area contributed by atoms with Crippen LogP contribution in [0.2, 0.25) is 0 Å². The van der Waals surface area contributed by atoms with E-state index in [0.717, 1.165) is 12.8 Å². The number of hydrogen-bond acceptors (Lipinski definition) is 4. The van der Waals surface area contributed by atoms with Gasteiger partial charge in [0.1, 0.15) is 11.5 Å². The van der Waals surface area contributed by atoms with Crippen LogP contribution < -0.4 is 5.46 Å². The molecule has 1 aromatic rings. The molecule has 3 rings (SSSR count). The van der Waals surface area contributed by atoms with Crippen molar-refractivity contribution < 1.29 is 17.9 Å². The molecule has 2 aliphatic heterocycles. The molecule has 126 valence electrons. The molecular weight excluding hydrogens is 316 g/mol. The van der Waals surface area contributed by atoms with E-state index in [4.69, 9.17) is 9.31 Å². The molecule has 0 N–H and O–H groups in total. The molecule has 2 heterocycles. The molecule has 2 saturated heterocycles. The molecule has 0 aliphatic carbocycles. The van der Waals surface area contributed by atoms with Crippen LogP contribution in [0.5, 0.6) is 0 Å². The van der Waals surface area contributed by atoms with Gasteiger partial charge in [-0.3, -0.25) is 0 Å². The number of benzene rings is 1. The van der Waals surface area contributed by atoms with Crippen LogP contribution in [0.15, 0.2) is 22.6 Å². The molecule has 0 saturated carbocycles. The van der Waals surface area contributed by atoms with E-state index in [1.165, 1.54) is 6.07 Å². The zero-order chi connectivity index (χ0) is 16.9. The summed E-state index contributed by atoms with van der Waals surface area (Å²) in [5, 5.41) is 0. The largest absolute Gasteiger partial charge is 0.494 e. The number of hydrogen-bond donors (Lipinski definition) is 0. The Morgan fingerprint density at radius 1 is 1.13 bits per heavy atom. The highest BCUT2D eigenvalue weighted by Crippen LogP contribution is 2.36. The maximum atomic E-state index is 14.4. The smallest absolute Gasteiger partial charge is 0.399 e. The first-order chi connectivity index (χ1) is 10.6. The number of nitrogens with zero attached hydrogens (tertiary/aromatic N) is 1. The third-order valence-electron chi connectivity index (χ3n) is 4.94. The fourth-order valence-corrected chi connectivity index (χ4v) is 4.95. The van der Waals surface area contributed by atoms with E-state index in [2.05, 4.69) is 4.36 Å². The summed E-state index contributed by atoms with van der Waals surface area (Å²) in [4.78, 5) is 0. The maximum Gasteiger partial charge on any atom is 0.494 e. The van der Waals surface area contributed by atoms with E-state index in [1.807, 2.05) is 27.7 Å². The highest BCUT2D eigenvalue weighted by molar-refractivity contribution is 7.93. The summed E-state index contributed by atoms with van der Waals surface area (Å²) >= 11 is 0. The second-order valence-electron chi connectivity index (χ2n) is 7.28. The summed E-state index contributed by atoms with van der Waals surface area (Å²) in [6, 6.07) is 4.68. The van der Waals surface area contributed by atoms with Gasteiger partial charge in [-0.25, -0.2) is 8.60 Å². The van der Waals surface area contributed by atoms with Gasteiger partial charge < -0.3 is 9.31 Å². The van der Waals surface area contributed by atoms with Gasteiger partial charge in [0.05, 0.1) is 20.9 Å². The summed E-state index contributed by atoms with van der Waals surface area (Å²) in [5.41, 5.74) is -0.159. The second kappa shape index (κ2) is 5.57. The van der Waals surface area contributed by atoms with Crippen molar-refractivity contribution in [3.8, 4) is 0 Å². The van der Waals surface area contributed by atoms with Crippen LogP contribution in [0.4, 0.5) is 10.1 Å². The average molecular weight is 339 g/mol. The molecular formula is C16H23BFNO3S. The molecule has 0 unspecified atom stereocenters. The van der Waals surface area contributed by atoms with E-state index in [0.29, 0.717) is 17.0 Å². The van der Waals surface area contributed by atoms with E-state index in [9.17, 15) is 8.60 Å². The fourth-order valence-electron chi connectivity index (χ4n) is 2.75. The highest BCUT2D eigenvalue weighted by Gasteiger charge is 2.51. The van der Waals surface area contributed by atoms with E-state index >= 15 is 0 Å². The molecule has 4 nitrogen and oxygen atoms in total. The molecule has 0 bridgehead atoms. The Hall–Kier alpha value is -0.915. The van der Waals surface area contributed by atoms with Crippen LogP contribution in [0.1, 0.15) is 40.5 Å². The molecule has 0 atom stereocenters. The van der Waals surface area contributed by atoms with Crippen LogP contribution in [0.25, 0.3) is 0 Å². The first-order valence-electron chi connectivity index (χ1n) is 8.00. The van der Waals surface area contributed by atoms with Crippen molar-refractivity contribution >= 4 is 28.0 Å². The van der Waals surface area contributed by atoms with Crippen molar-refractivity contribution in [2.75, 3.05) is 11.5 Å². The summed E-state index contributed by atoms with van der Waals surface area (Å²) in [7, 11) is -2.88. The van der Waals surface area contributed by atoms with Crippen molar-refractivity contribution in [2.45, 2.75) is 51.7 Å². The van der Waals surface area contributed by atoms with Gasteiger partial charge in [0, 0.05) is 11.5 Å². The third kappa shape index (κ3) is 3.19. The quantitative estimate of drug-likeness (QED) is 0.778. The van der Waals surface area contributed by atoms with Gasteiger partial charge in [0.15, 0.2) is 0 Å². The lowest BCUT2D eigenvalue weighted by molar-refractivity contribution is 0.00578. The molecule has 23 heavy (non-hydrogen) atoms. The Bertz CT molecular complexity index is 713. The van der Waals surface area contributed by atoms with Crippen molar-refractivity contribution in [1.82, 2.24) is 0 Å². The van der Waals surface area contributed by atoms with Gasteiger partial charge in [0.25, 0.3) is 0 Å². The molecule has 2 fully saturated rings. The normalized spacial score (nSPS) is 24.8. The number of halogens is 1. The zero-order valence-electron chi connectivity index (χ0n) is 14.1. The maximum absolute atomic E-state index is 14.4. The molecule has 0 radical (unpaired) electrons. The second-order valence-corrected chi connectivity index (χ2v) is 9.82. The fraction of sp³-hybridized carbons (Fsp3) is 0.625. The Labute approximate surface area is 138 Å². The van der Waals surface area contributed by atoms with E-state index in [1.54, 1.807) is 12.1 Å². The molecule has 7 heteroatoms. The molecule has 0 spiro atoms. The van der Waals surface area contributed by atoms with Crippen LogP contribution in [-0.4, -0.2) is 34.0 Å². The van der Waals surface area contributed by atoms with Crippen molar-refractivity contribution in [1.29, 1.82) is 0 Å². The van der Waals surface area contributed by atoms with Crippen LogP contribution >= 0.6 is 0 Å². The van der Waals surface area contributed by atoms with Crippen LogP contribution in [0.3, 0.4) is 0 Å². The van der Waals surface area contributed by atoms with E-state index < -0.39 is 33.9 Å². The van der Waals surface area contributed by atoms with Gasteiger partial charge in [-0.1, -0.05) is 6.07 Å². The minimum absolute atomic E-state index is 0.164. The molecule has 1 aromatic carbocycles. The Morgan fingerprint density at radius 3 is 2.22 bits per heavy atom. The van der Waals surface area contributed by atoms with Gasteiger partial charge in [0.2, 0.25) is 0 Å². The van der Waals surface area contributed by atoms with Crippen molar-refractivity contribution in [3.05, 3.63) is 24.0 Å². The minimum Gasteiger partial charge on any atom is -0.399 e. The predicted octanol–water partition coefficient (Wildman–Crippen LogP) is 3.02. The van der Waals surface area contributed by atoms with Crippen LogP contribution in [0, 0.1) is 5.82 Å². The third-order valence-corrected chi connectivity index (χ3v) is 7.32. The van der Waals surface area contributed by atoms with Crippen LogP contribution in [-0.2, 0) is 19.0 Å². The lowest BCUT2D eigenvalue weighted by Gasteiger charge is -2.32. The van der Waals surface area contributed by atoms with Gasteiger partial charge in [-0.05, 0) is 58.1 Å². The lowest BCUT2D eigenvalue weighted by Crippen LogP contribution is -2.41. The van der Waals surface area contributed by atoms with Gasteiger partial charge >= 0.3 is 7.12 Å². The topological polar surface area (TPSA) is 47.9 Å². The standard InChI is InChI=1S/C16H23BFNO3S/c1-15(2)16(3,4)22-17(21-15)12-7-8-14(13(18)11-12)19-23(20)9-5-6-10-23/h7-8,11H,5-6,9-10H2,1-4H3. The highest BCUT2D eigenvalue weighted by atomic mass is 32.2. The SMILES string of the molecule is CC1(C)OB(c2ccc(N=S3(=O)CCCC3)c(F)c2)OC1(C)C. The molecule has 0 aromatic heterocycles. The summed E-state index contributed by atoms with van der Waals surface area (Å²) in [5.74, 6) is 0.642. The van der Waals surface area contributed by atoms with Crippen molar-refractivity contribution in [3.63, 3.8) is 0 Å². The lowest BCUT2D eigenvalue weighted by atomic mass is 9.79. The first kappa shape index (κ1) is 16.9. The van der Waals surface area contributed by atoms with Gasteiger partial charge in [-0.2, -0.15) is 4.36 Å². The summed E-state index contributed by atoms with van der Waals surface area (Å²) in [6.07, 6.45) is 1.80. The predicted molar refractivity (Wildman–Crippen MR) is 91.3 cm³/mol. The van der Waals surface area contributed by atoms with Crippen molar-refractivity contribution in [2.24, 2.45) is 4.36 Å². The number of rotatable bonds is 2.